The number of rotatable bonds is 4. The number of imide groups is 1. The summed E-state index contributed by atoms with van der Waals surface area (Å²) >= 11 is 4.10. The molecular formula is C24H25BrFN3O3S. The van der Waals surface area contributed by atoms with Gasteiger partial charge in [-0.2, -0.15) is 0 Å². The zero-order valence-corrected chi connectivity index (χ0v) is 21.0. The molecule has 1 aromatic carbocycles. The molecule has 0 spiro atoms. The molecule has 0 bridgehead atoms. The summed E-state index contributed by atoms with van der Waals surface area (Å²) in [6.07, 6.45) is 5.73. The molecule has 3 amide bonds. The summed E-state index contributed by atoms with van der Waals surface area (Å²) < 4.78 is 17.0. The Morgan fingerprint density at radius 2 is 1.82 bits per heavy atom. The van der Waals surface area contributed by atoms with Gasteiger partial charge in [-0.1, -0.05) is 28.8 Å². The molecule has 1 aromatic heterocycles. The molecule has 0 saturated carbocycles. The molecule has 9 heteroatoms. The summed E-state index contributed by atoms with van der Waals surface area (Å²) in [5, 5.41) is -0.442. The lowest BCUT2D eigenvalue weighted by molar-refractivity contribution is -0.135. The first kappa shape index (κ1) is 23.8. The molecular weight excluding hydrogens is 509 g/mol. The lowest BCUT2D eigenvalue weighted by Crippen LogP contribution is -2.42. The van der Waals surface area contributed by atoms with Gasteiger partial charge in [-0.05, 0) is 74.4 Å². The van der Waals surface area contributed by atoms with E-state index in [0.717, 1.165) is 59.3 Å². The van der Waals surface area contributed by atoms with Crippen LogP contribution in [0.15, 0.2) is 33.6 Å². The third kappa shape index (κ3) is 4.94. The van der Waals surface area contributed by atoms with E-state index in [2.05, 4.69) is 15.9 Å². The van der Waals surface area contributed by atoms with Gasteiger partial charge >= 0.3 is 0 Å². The van der Waals surface area contributed by atoms with Crippen molar-refractivity contribution in [3.05, 3.63) is 56.4 Å². The Bertz CT molecular complexity index is 1150. The Morgan fingerprint density at radius 1 is 1.12 bits per heavy atom. The lowest BCUT2D eigenvalue weighted by atomic mass is 10.2. The highest BCUT2D eigenvalue weighted by molar-refractivity contribution is 9.10. The van der Waals surface area contributed by atoms with Crippen molar-refractivity contribution < 1.29 is 18.8 Å². The molecule has 33 heavy (non-hydrogen) atoms. The second-order valence-corrected chi connectivity index (χ2v) is 10.2. The first-order valence-corrected chi connectivity index (χ1v) is 12.5. The normalized spacial score (nSPS) is 18.4. The second kappa shape index (κ2) is 9.85. The van der Waals surface area contributed by atoms with Crippen LogP contribution in [-0.4, -0.2) is 51.1 Å². The molecule has 2 fully saturated rings. The summed E-state index contributed by atoms with van der Waals surface area (Å²) in [5.41, 5.74) is 2.68. The van der Waals surface area contributed by atoms with E-state index in [1.54, 1.807) is 27.7 Å². The number of hydrogen-bond donors (Lipinski definition) is 0. The van der Waals surface area contributed by atoms with Crippen LogP contribution >= 0.6 is 27.7 Å². The number of likely N-dealkylation sites (tertiary alicyclic amines) is 1. The smallest absolute Gasteiger partial charge is 0.294 e. The first-order chi connectivity index (χ1) is 15.8. The number of hydrogen-bond acceptors (Lipinski definition) is 4. The number of nitrogens with zero attached hydrogens (tertiary/aromatic N) is 3. The van der Waals surface area contributed by atoms with Crippen molar-refractivity contribution >= 4 is 50.8 Å². The fraction of sp³-hybridized carbons (Fsp3) is 0.375. The number of carbonyl (C=O) groups excluding carboxylic acids is 3. The number of aromatic nitrogens is 1. The van der Waals surface area contributed by atoms with E-state index < -0.39 is 11.1 Å². The molecule has 2 aromatic rings. The predicted octanol–water partition coefficient (Wildman–Crippen LogP) is 5.43. The van der Waals surface area contributed by atoms with E-state index in [9.17, 15) is 18.8 Å². The van der Waals surface area contributed by atoms with Crippen LogP contribution in [0.3, 0.4) is 0 Å². The number of carbonyl (C=O) groups is 3. The van der Waals surface area contributed by atoms with Gasteiger partial charge < -0.3 is 9.47 Å². The van der Waals surface area contributed by atoms with Crippen molar-refractivity contribution in [2.75, 3.05) is 19.6 Å². The third-order valence-electron chi connectivity index (χ3n) is 6.03. The van der Waals surface area contributed by atoms with Gasteiger partial charge in [-0.3, -0.25) is 19.3 Å². The molecule has 0 aliphatic carbocycles. The van der Waals surface area contributed by atoms with Crippen LogP contribution in [0.5, 0.6) is 0 Å². The lowest BCUT2D eigenvalue weighted by Gasteiger charge is -2.22. The van der Waals surface area contributed by atoms with Crippen molar-refractivity contribution in [3.63, 3.8) is 0 Å². The molecule has 2 aliphatic rings. The summed E-state index contributed by atoms with van der Waals surface area (Å²) in [6.45, 7) is 4.81. The third-order valence-corrected chi connectivity index (χ3v) is 7.43. The van der Waals surface area contributed by atoms with E-state index >= 15 is 0 Å². The molecule has 2 aliphatic heterocycles. The maximum atomic E-state index is 14.6. The monoisotopic (exact) mass is 533 g/mol. The Hall–Kier alpha value is -2.39. The molecule has 0 radical (unpaired) electrons. The van der Waals surface area contributed by atoms with Gasteiger partial charge in [0.1, 0.15) is 12.4 Å². The van der Waals surface area contributed by atoms with Gasteiger partial charge in [0.2, 0.25) is 5.91 Å². The van der Waals surface area contributed by atoms with Crippen molar-refractivity contribution in [2.24, 2.45) is 0 Å². The van der Waals surface area contributed by atoms with E-state index in [0.29, 0.717) is 23.2 Å². The minimum absolute atomic E-state index is 0.190. The highest BCUT2D eigenvalue weighted by Crippen LogP contribution is 2.34. The van der Waals surface area contributed by atoms with Crippen molar-refractivity contribution in [1.82, 2.24) is 14.4 Å². The number of benzene rings is 1. The SMILES string of the molecule is Cc1cc(C=C2SC(=O)N(CC(=O)N3CCCCCC3)C2=O)c(C)n1-c1ccc(Br)cc1F. The summed E-state index contributed by atoms with van der Waals surface area (Å²) in [5.74, 6) is -1.03. The maximum absolute atomic E-state index is 14.6. The van der Waals surface area contributed by atoms with Gasteiger partial charge in [0, 0.05) is 29.0 Å². The van der Waals surface area contributed by atoms with Crippen LogP contribution in [0, 0.1) is 19.7 Å². The molecule has 6 nitrogen and oxygen atoms in total. The standard InChI is InChI=1S/C24H25BrFN3O3S/c1-15-11-17(16(2)29(15)20-8-7-18(25)13-19(20)26)12-21-23(31)28(24(32)33-21)14-22(30)27-9-5-3-4-6-10-27/h7-8,11-13H,3-6,9-10,14H2,1-2H3. The van der Waals surface area contributed by atoms with Crippen molar-refractivity contribution in [1.29, 1.82) is 0 Å². The Balaban J connectivity index is 1.56. The van der Waals surface area contributed by atoms with E-state index in [4.69, 9.17) is 0 Å². The molecule has 2 saturated heterocycles. The summed E-state index contributed by atoms with van der Waals surface area (Å²) in [4.78, 5) is 41.2. The summed E-state index contributed by atoms with van der Waals surface area (Å²) in [7, 11) is 0. The molecule has 0 atom stereocenters. The number of aryl methyl sites for hydroxylation is 1. The van der Waals surface area contributed by atoms with Gasteiger partial charge in [-0.25, -0.2) is 4.39 Å². The topological polar surface area (TPSA) is 62.6 Å². The average Bonchev–Trinajstić information content (AvgIpc) is 3.06. The molecule has 3 heterocycles. The van der Waals surface area contributed by atoms with Gasteiger partial charge in [0.15, 0.2) is 0 Å². The quantitative estimate of drug-likeness (QED) is 0.491. The number of amides is 3. The zero-order chi connectivity index (χ0) is 23.7. The highest BCUT2D eigenvalue weighted by atomic mass is 79.9. The Labute approximate surface area is 204 Å². The second-order valence-electron chi connectivity index (χ2n) is 8.32. The molecule has 174 valence electrons. The minimum Gasteiger partial charge on any atom is -0.341 e. The van der Waals surface area contributed by atoms with E-state index in [1.807, 2.05) is 19.9 Å². The van der Waals surface area contributed by atoms with Crippen molar-refractivity contribution in [3.8, 4) is 5.69 Å². The van der Waals surface area contributed by atoms with Crippen LogP contribution in [0.2, 0.25) is 0 Å². The highest BCUT2D eigenvalue weighted by Gasteiger charge is 2.37. The van der Waals surface area contributed by atoms with Crippen LogP contribution < -0.4 is 0 Å². The van der Waals surface area contributed by atoms with Crippen molar-refractivity contribution in [2.45, 2.75) is 39.5 Å². The Kier molecular flexibility index (Phi) is 7.09. The minimum atomic E-state index is -0.465. The molecule has 4 rings (SSSR count). The number of thioether (sulfide) groups is 1. The average molecular weight is 534 g/mol. The Morgan fingerprint density at radius 3 is 2.48 bits per heavy atom. The zero-order valence-electron chi connectivity index (χ0n) is 18.6. The molecule has 0 N–H and O–H groups in total. The van der Waals surface area contributed by atoms with Gasteiger partial charge in [0.05, 0.1) is 10.6 Å². The van der Waals surface area contributed by atoms with Crippen LogP contribution in [0.1, 0.15) is 42.6 Å². The predicted molar refractivity (Wildman–Crippen MR) is 131 cm³/mol. The molecule has 0 unspecified atom stereocenters. The van der Waals surface area contributed by atoms with E-state index in [1.165, 1.54) is 6.07 Å². The van der Waals surface area contributed by atoms with Crippen LogP contribution in [0.4, 0.5) is 9.18 Å². The fourth-order valence-corrected chi connectivity index (χ4v) is 5.46. The summed E-state index contributed by atoms with van der Waals surface area (Å²) in [6, 6.07) is 6.71. The van der Waals surface area contributed by atoms with Crippen LogP contribution in [-0.2, 0) is 9.59 Å². The number of halogens is 2. The van der Waals surface area contributed by atoms with Crippen LogP contribution in [0.25, 0.3) is 11.8 Å². The largest absolute Gasteiger partial charge is 0.341 e. The van der Waals surface area contributed by atoms with Gasteiger partial charge in [-0.15, -0.1) is 0 Å². The maximum Gasteiger partial charge on any atom is 0.294 e. The fourth-order valence-electron chi connectivity index (χ4n) is 4.30. The van der Waals surface area contributed by atoms with Gasteiger partial charge in [0.25, 0.3) is 11.1 Å². The first-order valence-electron chi connectivity index (χ1n) is 10.9. The van der Waals surface area contributed by atoms with E-state index in [-0.39, 0.29) is 23.2 Å².